The van der Waals surface area contributed by atoms with Crippen molar-refractivity contribution < 1.29 is 19.2 Å². The largest absolute Gasteiger partial charge is 0.478 e. The highest BCUT2D eigenvalue weighted by Gasteiger charge is 2.35. The first-order valence-corrected chi connectivity index (χ1v) is 9.07. The van der Waals surface area contributed by atoms with Crippen molar-refractivity contribution in [2.45, 2.75) is 19.4 Å². The van der Waals surface area contributed by atoms with Gasteiger partial charge in [0.25, 0.3) is 11.6 Å². The van der Waals surface area contributed by atoms with Crippen molar-refractivity contribution in [3.63, 3.8) is 0 Å². The summed E-state index contributed by atoms with van der Waals surface area (Å²) in [5, 5.41) is 14.3. The predicted molar refractivity (Wildman–Crippen MR) is 105 cm³/mol. The zero-order chi connectivity index (χ0) is 20.4. The zero-order valence-electron chi connectivity index (χ0n) is 14.6. The first-order valence-electron chi connectivity index (χ1n) is 8.31. The average Bonchev–Trinajstić information content (AvgIpc) is 2.66. The molecular weight excluding hydrogens is 409 g/mol. The highest BCUT2D eigenvalue weighted by atomic mass is 35.5. The molecule has 1 heterocycles. The second-order valence-corrected chi connectivity index (χ2v) is 6.86. The Kier molecular flexibility index (Phi) is 5.71. The van der Waals surface area contributed by atoms with Crippen LogP contribution in [0.5, 0.6) is 5.75 Å². The minimum Gasteiger partial charge on any atom is -0.478 e. The van der Waals surface area contributed by atoms with E-state index in [0.29, 0.717) is 22.9 Å². The van der Waals surface area contributed by atoms with Crippen molar-refractivity contribution in [2.24, 2.45) is 0 Å². The van der Waals surface area contributed by atoms with E-state index < -0.39 is 22.8 Å². The topological polar surface area (TPSA) is 102 Å². The zero-order valence-corrected chi connectivity index (χ0v) is 16.2. The van der Waals surface area contributed by atoms with E-state index in [1.807, 2.05) is 0 Å². The summed E-state index contributed by atoms with van der Waals surface area (Å²) in [5.74, 6) is -0.694. The number of hydrogen-bond acceptors (Lipinski definition) is 5. The van der Waals surface area contributed by atoms with Crippen molar-refractivity contribution in [3.05, 3.63) is 56.6 Å². The maximum atomic E-state index is 12.7. The van der Waals surface area contributed by atoms with Gasteiger partial charge in [0.1, 0.15) is 12.3 Å². The fraction of sp³-hybridized carbons (Fsp3) is 0.222. The number of hydrogen-bond donors (Lipinski definition) is 1. The Hall–Kier alpha value is -2.84. The number of nitro benzene ring substituents is 1. The maximum absolute atomic E-state index is 12.7. The molecule has 28 heavy (non-hydrogen) atoms. The van der Waals surface area contributed by atoms with E-state index in [2.05, 4.69) is 5.32 Å². The van der Waals surface area contributed by atoms with Crippen LogP contribution in [0.2, 0.25) is 10.0 Å². The molecule has 3 rings (SSSR count). The lowest BCUT2D eigenvalue weighted by Crippen LogP contribution is -2.48. The molecule has 0 radical (unpaired) electrons. The molecule has 1 N–H and O–H groups in total. The van der Waals surface area contributed by atoms with Crippen LogP contribution in [-0.4, -0.2) is 29.4 Å². The maximum Gasteiger partial charge on any atom is 0.271 e. The molecule has 1 aliphatic heterocycles. The highest BCUT2D eigenvalue weighted by molar-refractivity contribution is 6.35. The third kappa shape index (κ3) is 4.02. The number of carbonyl (C=O) groups excluding carboxylic acids is 2. The number of fused-ring (bicyclic) bond motifs is 1. The number of non-ortho nitro benzene ring substituents is 1. The van der Waals surface area contributed by atoms with Gasteiger partial charge in [-0.3, -0.25) is 24.6 Å². The Bertz CT molecular complexity index is 966. The average molecular weight is 424 g/mol. The van der Waals surface area contributed by atoms with Gasteiger partial charge < -0.3 is 10.1 Å². The van der Waals surface area contributed by atoms with Gasteiger partial charge in [-0.2, -0.15) is 0 Å². The monoisotopic (exact) mass is 423 g/mol. The van der Waals surface area contributed by atoms with Crippen molar-refractivity contribution in [1.29, 1.82) is 0 Å². The number of benzene rings is 2. The van der Waals surface area contributed by atoms with Gasteiger partial charge in [-0.25, -0.2) is 0 Å². The second kappa shape index (κ2) is 8.04. The van der Waals surface area contributed by atoms with E-state index in [9.17, 15) is 19.7 Å². The molecule has 2 aromatic rings. The minimum atomic E-state index is -0.781. The molecule has 2 aromatic carbocycles. The second-order valence-electron chi connectivity index (χ2n) is 6.02. The number of ether oxygens (including phenoxy) is 1. The number of nitro groups is 1. The predicted octanol–water partition coefficient (Wildman–Crippen LogP) is 4.04. The van der Waals surface area contributed by atoms with Crippen LogP contribution in [0.4, 0.5) is 17.1 Å². The number of nitrogens with zero attached hydrogens (tertiary/aromatic N) is 2. The minimum absolute atomic E-state index is 0.163. The van der Waals surface area contributed by atoms with Crippen molar-refractivity contribution in [1.82, 2.24) is 0 Å². The first-order chi connectivity index (χ1) is 13.3. The molecule has 146 valence electrons. The normalized spacial score (nSPS) is 15.6. The summed E-state index contributed by atoms with van der Waals surface area (Å²) in [6, 6.07) is 8.50. The number of rotatable bonds is 5. The number of anilines is 2. The molecule has 10 heteroatoms. The number of halogens is 2. The van der Waals surface area contributed by atoms with Gasteiger partial charge in [-0.1, -0.05) is 30.1 Å². The highest BCUT2D eigenvalue weighted by Crippen LogP contribution is 2.37. The molecule has 0 fully saturated rings. The molecule has 2 amide bonds. The number of carbonyl (C=O) groups is 2. The van der Waals surface area contributed by atoms with Crippen LogP contribution in [0.15, 0.2) is 36.4 Å². The lowest BCUT2D eigenvalue weighted by Gasteiger charge is -2.33. The Morgan fingerprint density at radius 3 is 2.71 bits per heavy atom. The fourth-order valence-electron chi connectivity index (χ4n) is 2.77. The van der Waals surface area contributed by atoms with Crippen LogP contribution < -0.4 is 15.0 Å². The van der Waals surface area contributed by atoms with Crippen LogP contribution in [0.3, 0.4) is 0 Å². The van der Waals surface area contributed by atoms with Crippen LogP contribution in [0.25, 0.3) is 0 Å². The fourth-order valence-corrected chi connectivity index (χ4v) is 3.11. The first kappa shape index (κ1) is 19.9. The van der Waals surface area contributed by atoms with Crippen LogP contribution in [0, 0.1) is 10.1 Å². The van der Waals surface area contributed by atoms with E-state index >= 15 is 0 Å². The van der Waals surface area contributed by atoms with Gasteiger partial charge in [0.2, 0.25) is 5.91 Å². The van der Waals surface area contributed by atoms with Gasteiger partial charge in [-0.05, 0) is 30.7 Å². The van der Waals surface area contributed by atoms with Gasteiger partial charge in [0.15, 0.2) is 6.10 Å². The SMILES string of the molecule is CCC1Oc2ccc([N+](=O)[O-])cc2N(CC(=O)Nc2cc(Cl)ccc2Cl)C1=O. The van der Waals surface area contributed by atoms with Crippen molar-refractivity contribution >= 4 is 52.1 Å². The van der Waals surface area contributed by atoms with Crippen LogP contribution in [-0.2, 0) is 9.59 Å². The Morgan fingerprint density at radius 1 is 1.29 bits per heavy atom. The van der Waals surface area contributed by atoms with E-state index in [4.69, 9.17) is 27.9 Å². The summed E-state index contributed by atoms with van der Waals surface area (Å²) in [6.45, 7) is 1.40. The van der Waals surface area contributed by atoms with E-state index in [1.54, 1.807) is 13.0 Å². The summed E-state index contributed by atoms with van der Waals surface area (Å²) >= 11 is 12.0. The molecule has 0 aliphatic carbocycles. The summed E-state index contributed by atoms with van der Waals surface area (Å²) < 4.78 is 5.61. The standard InChI is InChI=1S/C18H15Cl2N3O5/c1-2-15-18(25)22(14-8-11(23(26)27)4-6-16(14)28-15)9-17(24)21-13-7-10(19)3-5-12(13)20/h3-8,15H,2,9H2,1H3,(H,21,24). The van der Waals surface area contributed by atoms with Crippen molar-refractivity contribution in [3.8, 4) is 5.75 Å². The molecule has 0 saturated heterocycles. The van der Waals surface area contributed by atoms with Crippen LogP contribution >= 0.6 is 23.2 Å². The summed E-state index contributed by atoms with van der Waals surface area (Å²) in [5.41, 5.74) is 0.246. The van der Waals surface area contributed by atoms with Crippen LogP contribution in [0.1, 0.15) is 13.3 Å². The van der Waals surface area contributed by atoms with E-state index in [0.717, 1.165) is 0 Å². The molecule has 0 spiro atoms. The molecule has 1 atom stereocenters. The third-order valence-electron chi connectivity index (χ3n) is 4.13. The molecule has 0 saturated carbocycles. The molecule has 1 unspecified atom stereocenters. The number of nitrogens with one attached hydrogen (secondary N) is 1. The molecule has 0 bridgehead atoms. The van der Waals surface area contributed by atoms with Crippen molar-refractivity contribution in [2.75, 3.05) is 16.8 Å². The summed E-state index contributed by atoms with van der Waals surface area (Å²) in [7, 11) is 0. The smallest absolute Gasteiger partial charge is 0.271 e. The lowest BCUT2D eigenvalue weighted by atomic mass is 10.1. The van der Waals surface area contributed by atoms with Gasteiger partial charge in [-0.15, -0.1) is 0 Å². The Balaban J connectivity index is 1.90. The summed E-state index contributed by atoms with van der Waals surface area (Å²) in [4.78, 5) is 36.9. The third-order valence-corrected chi connectivity index (χ3v) is 4.69. The van der Waals surface area contributed by atoms with E-state index in [1.165, 1.54) is 35.2 Å². The lowest BCUT2D eigenvalue weighted by molar-refractivity contribution is -0.384. The molecule has 0 aromatic heterocycles. The molecule has 8 nitrogen and oxygen atoms in total. The van der Waals surface area contributed by atoms with Gasteiger partial charge >= 0.3 is 0 Å². The van der Waals surface area contributed by atoms with E-state index in [-0.39, 0.29) is 22.9 Å². The molecule has 1 aliphatic rings. The van der Waals surface area contributed by atoms with Gasteiger partial charge in [0, 0.05) is 17.2 Å². The molecular formula is C18H15Cl2N3O5. The van der Waals surface area contributed by atoms with Gasteiger partial charge in [0.05, 0.1) is 21.3 Å². The number of amides is 2. The summed E-state index contributed by atoms with van der Waals surface area (Å²) in [6.07, 6.45) is -0.399. The Morgan fingerprint density at radius 2 is 2.04 bits per heavy atom. The quantitative estimate of drug-likeness (QED) is 0.577. The Labute approximate surface area is 170 Å².